The summed E-state index contributed by atoms with van der Waals surface area (Å²) in [5, 5.41) is 0.911. The maximum Gasteiger partial charge on any atom is 0.285 e. The number of amides is 2. The summed E-state index contributed by atoms with van der Waals surface area (Å²) in [6.07, 6.45) is 0.751. The number of carbonyl (C=O) groups is 2. The minimum atomic E-state index is -0.356. The first kappa shape index (κ1) is 11.4. The Balaban J connectivity index is 1.80. The van der Waals surface area contributed by atoms with Crippen molar-refractivity contribution in [1.82, 2.24) is 9.96 Å². The Labute approximate surface area is 105 Å². The molecule has 2 aliphatic heterocycles. The standard InChI is InChI=1S/C13H14N2O3/c1-14-7-6-9(8-14)18-15-12(16)10-4-2-3-5-11(10)13(15)17/h2-5,9H,6-8H2,1H3. The summed E-state index contributed by atoms with van der Waals surface area (Å²) in [6.45, 7) is 1.67. The third kappa shape index (κ3) is 1.72. The van der Waals surface area contributed by atoms with E-state index in [9.17, 15) is 9.59 Å². The number of carbonyl (C=O) groups excluding carboxylic acids is 2. The van der Waals surface area contributed by atoms with Gasteiger partial charge in [0.15, 0.2) is 0 Å². The molecule has 0 aliphatic carbocycles. The Kier molecular flexibility index (Phi) is 2.65. The number of benzene rings is 1. The van der Waals surface area contributed by atoms with Crippen LogP contribution in [0.15, 0.2) is 24.3 Å². The second-order valence-corrected chi connectivity index (χ2v) is 4.73. The van der Waals surface area contributed by atoms with Crippen LogP contribution in [0, 0.1) is 0 Å². The van der Waals surface area contributed by atoms with Gasteiger partial charge >= 0.3 is 0 Å². The molecular weight excluding hydrogens is 232 g/mol. The molecule has 2 heterocycles. The second-order valence-electron chi connectivity index (χ2n) is 4.73. The molecule has 1 aromatic carbocycles. The van der Waals surface area contributed by atoms with Gasteiger partial charge in [-0.15, -0.1) is 5.06 Å². The van der Waals surface area contributed by atoms with Gasteiger partial charge in [0, 0.05) is 13.1 Å². The van der Waals surface area contributed by atoms with Crippen molar-refractivity contribution in [1.29, 1.82) is 0 Å². The lowest BCUT2D eigenvalue weighted by Gasteiger charge is -2.18. The predicted octanol–water partition coefficient (Wildman–Crippen LogP) is 0.918. The van der Waals surface area contributed by atoms with Gasteiger partial charge in [-0.2, -0.15) is 0 Å². The van der Waals surface area contributed by atoms with Crippen LogP contribution in [0.4, 0.5) is 0 Å². The van der Waals surface area contributed by atoms with Crippen LogP contribution in [0.5, 0.6) is 0 Å². The number of imide groups is 1. The van der Waals surface area contributed by atoms with Crippen LogP contribution >= 0.6 is 0 Å². The number of hydrogen-bond acceptors (Lipinski definition) is 4. The van der Waals surface area contributed by atoms with Crippen LogP contribution in [0.25, 0.3) is 0 Å². The third-order valence-corrected chi connectivity index (χ3v) is 3.36. The van der Waals surface area contributed by atoms with E-state index in [1.165, 1.54) is 0 Å². The Morgan fingerprint density at radius 3 is 2.28 bits per heavy atom. The molecule has 0 bridgehead atoms. The molecule has 1 atom stereocenters. The summed E-state index contributed by atoms with van der Waals surface area (Å²) in [7, 11) is 1.99. The molecule has 1 unspecified atom stereocenters. The molecule has 1 fully saturated rings. The average Bonchev–Trinajstić information content (AvgIpc) is 2.88. The highest BCUT2D eigenvalue weighted by Gasteiger charge is 2.38. The Hall–Kier alpha value is -1.72. The zero-order chi connectivity index (χ0) is 12.7. The Bertz CT molecular complexity index is 480. The van der Waals surface area contributed by atoms with Crippen molar-refractivity contribution in [2.75, 3.05) is 20.1 Å². The summed E-state index contributed by atoms with van der Waals surface area (Å²) >= 11 is 0. The molecule has 5 nitrogen and oxygen atoms in total. The van der Waals surface area contributed by atoms with Crippen molar-refractivity contribution in [3.63, 3.8) is 0 Å². The van der Waals surface area contributed by atoms with Gasteiger partial charge < -0.3 is 4.90 Å². The minimum absolute atomic E-state index is 0.0859. The molecule has 0 N–H and O–H groups in total. The van der Waals surface area contributed by atoms with Crippen molar-refractivity contribution >= 4 is 11.8 Å². The number of hydrogen-bond donors (Lipinski definition) is 0. The van der Waals surface area contributed by atoms with Gasteiger partial charge in [-0.1, -0.05) is 12.1 Å². The van der Waals surface area contributed by atoms with E-state index in [4.69, 9.17) is 4.84 Å². The lowest BCUT2D eigenvalue weighted by Crippen LogP contribution is -2.35. The van der Waals surface area contributed by atoms with Gasteiger partial charge in [0.05, 0.1) is 11.1 Å². The first-order valence-electron chi connectivity index (χ1n) is 6.00. The van der Waals surface area contributed by atoms with E-state index >= 15 is 0 Å². The van der Waals surface area contributed by atoms with Crippen LogP contribution in [0.1, 0.15) is 27.1 Å². The van der Waals surface area contributed by atoms with Gasteiger partial charge in [-0.3, -0.25) is 14.4 Å². The first-order chi connectivity index (χ1) is 8.66. The maximum atomic E-state index is 12.0. The fourth-order valence-corrected chi connectivity index (χ4v) is 2.39. The zero-order valence-corrected chi connectivity index (χ0v) is 10.1. The number of rotatable bonds is 2. The minimum Gasteiger partial charge on any atom is -0.304 e. The van der Waals surface area contributed by atoms with E-state index in [0.29, 0.717) is 11.1 Å². The van der Waals surface area contributed by atoms with Crippen LogP contribution in [-0.2, 0) is 4.84 Å². The lowest BCUT2D eigenvalue weighted by molar-refractivity contribution is -0.127. The van der Waals surface area contributed by atoms with E-state index in [0.717, 1.165) is 24.6 Å². The molecule has 3 rings (SSSR count). The molecule has 0 radical (unpaired) electrons. The van der Waals surface area contributed by atoms with E-state index in [-0.39, 0.29) is 17.9 Å². The quantitative estimate of drug-likeness (QED) is 0.728. The van der Waals surface area contributed by atoms with Crippen molar-refractivity contribution in [2.24, 2.45) is 0 Å². The normalized spacial score (nSPS) is 23.8. The highest BCUT2D eigenvalue weighted by molar-refractivity contribution is 6.20. The Morgan fingerprint density at radius 1 is 1.17 bits per heavy atom. The first-order valence-corrected chi connectivity index (χ1v) is 6.00. The molecule has 1 aromatic rings. The zero-order valence-electron chi connectivity index (χ0n) is 10.1. The molecular formula is C13H14N2O3. The molecule has 2 aliphatic rings. The predicted molar refractivity (Wildman–Crippen MR) is 63.9 cm³/mol. The fourth-order valence-electron chi connectivity index (χ4n) is 2.39. The van der Waals surface area contributed by atoms with Gasteiger partial charge in [0.2, 0.25) is 0 Å². The van der Waals surface area contributed by atoms with Gasteiger partial charge in [-0.05, 0) is 25.6 Å². The van der Waals surface area contributed by atoms with Crippen molar-refractivity contribution in [3.05, 3.63) is 35.4 Å². The van der Waals surface area contributed by atoms with E-state index in [1.807, 2.05) is 7.05 Å². The summed E-state index contributed by atoms with van der Waals surface area (Å²) in [6, 6.07) is 6.80. The summed E-state index contributed by atoms with van der Waals surface area (Å²) in [5.41, 5.74) is 0.850. The molecule has 0 aromatic heterocycles. The lowest BCUT2D eigenvalue weighted by atomic mass is 10.1. The smallest absolute Gasteiger partial charge is 0.285 e. The molecule has 2 amide bonds. The summed E-state index contributed by atoms with van der Waals surface area (Å²) < 4.78 is 0. The highest BCUT2D eigenvalue weighted by atomic mass is 16.7. The number of likely N-dealkylation sites (N-methyl/N-ethyl adjacent to an activating group) is 1. The molecule has 0 saturated carbocycles. The number of nitrogens with zero attached hydrogens (tertiary/aromatic N) is 2. The third-order valence-electron chi connectivity index (χ3n) is 3.36. The van der Waals surface area contributed by atoms with E-state index < -0.39 is 0 Å². The van der Waals surface area contributed by atoms with Crippen molar-refractivity contribution < 1.29 is 14.4 Å². The van der Waals surface area contributed by atoms with Crippen LogP contribution < -0.4 is 0 Å². The topological polar surface area (TPSA) is 49.9 Å². The summed E-state index contributed by atoms with van der Waals surface area (Å²) in [4.78, 5) is 31.7. The van der Waals surface area contributed by atoms with Gasteiger partial charge in [0.1, 0.15) is 6.10 Å². The Morgan fingerprint density at radius 2 is 1.78 bits per heavy atom. The van der Waals surface area contributed by atoms with Crippen LogP contribution in [-0.4, -0.2) is 48.0 Å². The molecule has 0 spiro atoms. The van der Waals surface area contributed by atoms with Crippen molar-refractivity contribution in [2.45, 2.75) is 12.5 Å². The number of likely N-dealkylation sites (tertiary alicyclic amines) is 1. The average molecular weight is 246 g/mol. The summed E-state index contributed by atoms with van der Waals surface area (Å²) in [5.74, 6) is -0.713. The van der Waals surface area contributed by atoms with E-state index in [1.54, 1.807) is 24.3 Å². The van der Waals surface area contributed by atoms with Gasteiger partial charge in [0.25, 0.3) is 11.8 Å². The molecule has 18 heavy (non-hydrogen) atoms. The van der Waals surface area contributed by atoms with Gasteiger partial charge in [-0.25, -0.2) is 0 Å². The SMILES string of the molecule is CN1CCC(ON2C(=O)c3ccccc3C2=O)C1. The van der Waals surface area contributed by atoms with E-state index in [2.05, 4.69) is 4.90 Å². The van der Waals surface area contributed by atoms with Crippen LogP contribution in [0.2, 0.25) is 0 Å². The highest BCUT2D eigenvalue weighted by Crippen LogP contribution is 2.24. The molecule has 94 valence electrons. The number of fused-ring (bicyclic) bond motifs is 1. The van der Waals surface area contributed by atoms with Crippen LogP contribution in [0.3, 0.4) is 0 Å². The molecule has 1 saturated heterocycles. The monoisotopic (exact) mass is 246 g/mol. The number of hydroxylamine groups is 2. The maximum absolute atomic E-state index is 12.0. The largest absolute Gasteiger partial charge is 0.304 e. The fraction of sp³-hybridized carbons (Fsp3) is 0.385. The molecule has 5 heteroatoms. The van der Waals surface area contributed by atoms with Crippen molar-refractivity contribution in [3.8, 4) is 0 Å². The second kappa shape index (κ2) is 4.19.